The maximum absolute atomic E-state index is 4.61. The second-order valence-electron chi connectivity index (χ2n) is 6.78. The molecule has 3 heterocycles. The number of aromatic nitrogens is 2. The molecule has 0 radical (unpaired) electrons. The number of hydrogen-bond donors (Lipinski definition) is 1. The van der Waals surface area contributed by atoms with E-state index in [1.54, 1.807) is 0 Å². The highest BCUT2D eigenvalue weighted by Crippen LogP contribution is 2.30. The van der Waals surface area contributed by atoms with E-state index in [1.165, 1.54) is 55.8 Å². The van der Waals surface area contributed by atoms with E-state index < -0.39 is 0 Å². The minimum Gasteiger partial charge on any atom is -0.303 e. The van der Waals surface area contributed by atoms with Gasteiger partial charge in [0.1, 0.15) is 0 Å². The molecular weight excluding hydrogens is 284 g/mol. The maximum atomic E-state index is 4.61. The Labute approximate surface area is 138 Å². The number of H-pyrrole nitrogens is 1. The van der Waals surface area contributed by atoms with E-state index in [0.29, 0.717) is 0 Å². The first-order chi connectivity index (χ1) is 11.3. The van der Waals surface area contributed by atoms with E-state index in [1.807, 2.05) is 0 Å². The molecule has 2 aromatic rings. The average Bonchev–Trinajstić information content (AvgIpc) is 3.05. The SMILES string of the molecule is CCN1CCC(N2CCc3[nH]nc(-c4ccccc4)c3C2)CC1. The van der Waals surface area contributed by atoms with Gasteiger partial charge in [0.05, 0.1) is 5.69 Å². The van der Waals surface area contributed by atoms with Gasteiger partial charge in [0.2, 0.25) is 0 Å². The van der Waals surface area contributed by atoms with Gasteiger partial charge in [-0.25, -0.2) is 0 Å². The second kappa shape index (κ2) is 6.46. The topological polar surface area (TPSA) is 35.2 Å². The summed E-state index contributed by atoms with van der Waals surface area (Å²) in [5, 5.41) is 7.89. The van der Waals surface area contributed by atoms with Gasteiger partial charge in [0, 0.05) is 42.4 Å². The molecule has 4 heteroatoms. The van der Waals surface area contributed by atoms with Crippen LogP contribution in [0.2, 0.25) is 0 Å². The molecule has 23 heavy (non-hydrogen) atoms. The van der Waals surface area contributed by atoms with Gasteiger partial charge < -0.3 is 4.90 Å². The molecule has 1 aromatic heterocycles. The van der Waals surface area contributed by atoms with Crippen LogP contribution in [0.15, 0.2) is 30.3 Å². The molecule has 0 unspecified atom stereocenters. The van der Waals surface area contributed by atoms with Crippen LogP contribution in [-0.2, 0) is 13.0 Å². The molecule has 122 valence electrons. The van der Waals surface area contributed by atoms with Crippen molar-refractivity contribution < 1.29 is 0 Å². The van der Waals surface area contributed by atoms with Crippen molar-refractivity contribution in [1.82, 2.24) is 20.0 Å². The Morgan fingerprint density at radius 2 is 1.91 bits per heavy atom. The standard InChI is InChI=1S/C19H26N4/c1-2-22-11-8-16(9-12-22)23-13-10-18-17(14-23)19(21-20-18)15-6-4-3-5-7-15/h3-7,16H,2,8-14H2,1H3,(H,20,21). The number of nitrogens with zero attached hydrogens (tertiary/aromatic N) is 3. The van der Waals surface area contributed by atoms with Crippen molar-refractivity contribution in [2.24, 2.45) is 0 Å². The average molecular weight is 310 g/mol. The van der Waals surface area contributed by atoms with Crippen LogP contribution in [0.3, 0.4) is 0 Å². The predicted octanol–water partition coefficient (Wildman–Crippen LogP) is 2.92. The Balaban J connectivity index is 1.52. The summed E-state index contributed by atoms with van der Waals surface area (Å²) in [7, 11) is 0. The summed E-state index contributed by atoms with van der Waals surface area (Å²) in [5.41, 5.74) is 5.13. The van der Waals surface area contributed by atoms with Crippen molar-refractivity contribution in [1.29, 1.82) is 0 Å². The van der Waals surface area contributed by atoms with Gasteiger partial charge in [-0.1, -0.05) is 37.3 Å². The number of nitrogens with one attached hydrogen (secondary N) is 1. The summed E-state index contributed by atoms with van der Waals surface area (Å²) >= 11 is 0. The third-order valence-electron chi connectivity index (χ3n) is 5.53. The molecule has 4 nitrogen and oxygen atoms in total. The molecule has 1 N–H and O–H groups in total. The summed E-state index contributed by atoms with van der Waals surface area (Å²) in [5.74, 6) is 0. The number of likely N-dealkylation sites (tertiary alicyclic amines) is 1. The normalized spacial score (nSPS) is 20.6. The highest BCUT2D eigenvalue weighted by atomic mass is 15.2. The fourth-order valence-corrected chi connectivity index (χ4v) is 4.06. The van der Waals surface area contributed by atoms with Gasteiger partial charge >= 0.3 is 0 Å². The molecule has 4 rings (SSSR count). The van der Waals surface area contributed by atoms with E-state index in [4.69, 9.17) is 0 Å². The first-order valence-corrected chi connectivity index (χ1v) is 8.93. The number of hydrogen-bond acceptors (Lipinski definition) is 3. The largest absolute Gasteiger partial charge is 0.303 e. The fraction of sp³-hybridized carbons (Fsp3) is 0.526. The van der Waals surface area contributed by atoms with Gasteiger partial charge in [0.15, 0.2) is 0 Å². The van der Waals surface area contributed by atoms with Crippen LogP contribution in [0, 0.1) is 0 Å². The Morgan fingerprint density at radius 1 is 1.13 bits per heavy atom. The fourth-order valence-electron chi connectivity index (χ4n) is 4.06. The van der Waals surface area contributed by atoms with E-state index in [0.717, 1.165) is 24.7 Å². The zero-order valence-corrected chi connectivity index (χ0v) is 14.0. The minimum absolute atomic E-state index is 0.740. The number of rotatable bonds is 3. The smallest absolute Gasteiger partial charge is 0.0968 e. The second-order valence-corrected chi connectivity index (χ2v) is 6.78. The molecule has 0 saturated carbocycles. The zero-order chi connectivity index (χ0) is 15.6. The lowest BCUT2D eigenvalue weighted by molar-refractivity contribution is 0.101. The van der Waals surface area contributed by atoms with Crippen LogP contribution in [-0.4, -0.2) is 52.2 Å². The molecule has 0 bridgehead atoms. The first-order valence-electron chi connectivity index (χ1n) is 8.93. The lowest BCUT2D eigenvalue weighted by Crippen LogP contribution is -2.46. The van der Waals surface area contributed by atoms with Crippen molar-refractivity contribution >= 4 is 0 Å². The molecule has 0 atom stereocenters. The molecule has 1 saturated heterocycles. The van der Waals surface area contributed by atoms with Gasteiger partial charge in [-0.15, -0.1) is 0 Å². The summed E-state index contributed by atoms with van der Waals surface area (Å²) in [4.78, 5) is 5.26. The van der Waals surface area contributed by atoms with E-state index in [2.05, 4.69) is 57.3 Å². The summed E-state index contributed by atoms with van der Waals surface area (Å²) in [6.07, 6.45) is 3.71. The van der Waals surface area contributed by atoms with E-state index in [-0.39, 0.29) is 0 Å². The monoisotopic (exact) mass is 310 g/mol. The third kappa shape index (κ3) is 2.93. The molecule has 2 aliphatic rings. The van der Waals surface area contributed by atoms with Crippen molar-refractivity contribution in [3.05, 3.63) is 41.6 Å². The lowest BCUT2D eigenvalue weighted by Gasteiger charge is -2.39. The first kappa shape index (κ1) is 14.9. The minimum atomic E-state index is 0.740. The van der Waals surface area contributed by atoms with Gasteiger partial charge in [-0.05, 0) is 32.5 Å². The Bertz CT molecular complexity index is 641. The van der Waals surface area contributed by atoms with Crippen LogP contribution in [0.4, 0.5) is 0 Å². The molecule has 1 fully saturated rings. The van der Waals surface area contributed by atoms with Crippen LogP contribution < -0.4 is 0 Å². The number of benzene rings is 1. The number of piperidine rings is 1. The zero-order valence-electron chi connectivity index (χ0n) is 14.0. The number of aromatic amines is 1. The van der Waals surface area contributed by atoms with Crippen molar-refractivity contribution in [3.63, 3.8) is 0 Å². The van der Waals surface area contributed by atoms with Crippen LogP contribution >= 0.6 is 0 Å². The Hall–Kier alpha value is -1.65. The van der Waals surface area contributed by atoms with E-state index >= 15 is 0 Å². The highest BCUT2D eigenvalue weighted by Gasteiger charge is 2.29. The third-order valence-corrected chi connectivity index (χ3v) is 5.53. The van der Waals surface area contributed by atoms with Gasteiger partial charge in [-0.3, -0.25) is 10.00 Å². The highest BCUT2D eigenvalue weighted by molar-refractivity contribution is 5.64. The molecule has 0 spiro atoms. The summed E-state index contributed by atoms with van der Waals surface area (Å²) in [6, 6.07) is 11.3. The predicted molar refractivity (Wildman–Crippen MR) is 93.3 cm³/mol. The Morgan fingerprint density at radius 3 is 2.65 bits per heavy atom. The quantitative estimate of drug-likeness (QED) is 0.947. The lowest BCUT2D eigenvalue weighted by atomic mass is 9.96. The van der Waals surface area contributed by atoms with Crippen LogP contribution in [0.25, 0.3) is 11.3 Å². The Kier molecular flexibility index (Phi) is 4.19. The van der Waals surface area contributed by atoms with Crippen molar-refractivity contribution in [3.8, 4) is 11.3 Å². The van der Waals surface area contributed by atoms with Gasteiger partial charge in [-0.2, -0.15) is 5.10 Å². The van der Waals surface area contributed by atoms with Crippen LogP contribution in [0.5, 0.6) is 0 Å². The van der Waals surface area contributed by atoms with Crippen molar-refractivity contribution in [2.75, 3.05) is 26.2 Å². The molecule has 2 aliphatic heterocycles. The molecule has 0 amide bonds. The number of fused-ring (bicyclic) bond motifs is 1. The molecular formula is C19H26N4. The summed E-state index contributed by atoms with van der Waals surface area (Å²) in [6.45, 7) is 8.18. The molecule has 1 aromatic carbocycles. The summed E-state index contributed by atoms with van der Waals surface area (Å²) < 4.78 is 0. The van der Waals surface area contributed by atoms with Crippen molar-refractivity contribution in [2.45, 2.75) is 38.8 Å². The van der Waals surface area contributed by atoms with E-state index in [9.17, 15) is 0 Å². The van der Waals surface area contributed by atoms with Crippen LogP contribution in [0.1, 0.15) is 31.0 Å². The van der Waals surface area contributed by atoms with Gasteiger partial charge in [0.25, 0.3) is 0 Å². The maximum Gasteiger partial charge on any atom is 0.0968 e. The molecule has 0 aliphatic carbocycles.